The summed E-state index contributed by atoms with van der Waals surface area (Å²) in [5, 5.41) is 3.21. The number of rotatable bonds is 8. The van der Waals surface area contributed by atoms with Gasteiger partial charge in [-0.3, -0.25) is 0 Å². The monoisotopic (exact) mass is 245 g/mol. The number of hydrogen-bond donors (Lipinski definition) is 1. The van der Waals surface area contributed by atoms with Crippen LogP contribution in [-0.4, -0.2) is 33.3 Å². The van der Waals surface area contributed by atoms with Crippen molar-refractivity contribution < 1.29 is 13.9 Å². The fourth-order valence-electron chi connectivity index (χ4n) is 1.31. The van der Waals surface area contributed by atoms with E-state index in [4.69, 9.17) is 13.9 Å². The van der Waals surface area contributed by atoms with Crippen LogP contribution in [0.25, 0.3) is 0 Å². The molecule has 0 saturated carbocycles. The van der Waals surface area contributed by atoms with E-state index >= 15 is 0 Å². The molecule has 0 bridgehead atoms. The van der Waals surface area contributed by atoms with E-state index in [1.165, 1.54) is 0 Å². The first-order valence-corrected chi connectivity index (χ1v) is 6.52. The normalized spacial score (nSPS) is 11.2. The molecule has 0 aliphatic rings. The highest BCUT2D eigenvalue weighted by Crippen LogP contribution is 2.13. The lowest BCUT2D eigenvalue weighted by molar-refractivity contribution is -0.0990. The van der Waals surface area contributed by atoms with Crippen molar-refractivity contribution >= 4 is 11.8 Å². The van der Waals surface area contributed by atoms with Crippen LogP contribution in [0.4, 0.5) is 0 Å². The summed E-state index contributed by atoms with van der Waals surface area (Å²) in [4.78, 5) is 0. The molecule has 0 unspecified atom stereocenters. The second kappa shape index (κ2) is 7.73. The van der Waals surface area contributed by atoms with Crippen molar-refractivity contribution in [3.8, 4) is 0 Å². The molecular formula is C11H19NO3S. The Bertz CT molecular complexity index is 287. The average molecular weight is 245 g/mol. The first kappa shape index (κ1) is 13.6. The van der Waals surface area contributed by atoms with Crippen molar-refractivity contribution in [1.29, 1.82) is 0 Å². The third kappa shape index (κ3) is 4.57. The molecule has 0 radical (unpaired) electrons. The van der Waals surface area contributed by atoms with Gasteiger partial charge in [-0.1, -0.05) is 0 Å². The van der Waals surface area contributed by atoms with Gasteiger partial charge in [-0.2, -0.15) is 11.8 Å². The van der Waals surface area contributed by atoms with Crippen LogP contribution in [0.15, 0.2) is 16.5 Å². The zero-order chi connectivity index (χ0) is 11.8. The van der Waals surface area contributed by atoms with Crippen LogP contribution in [0.1, 0.15) is 11.5 Å². The van der Waals surface area contributed by atoms with E-state index in [2.05, 4.69) is 11.6 Å². The van der Waals surface area contributed by atoms with Gasteiger partial charge >= 0.3 is 0 Å². The van der Waals surface area contributed by atoms with Gasteiger partial charge in [-0.05, 0) is 18.4 Å². The van der Waals surface area contributed by atoms with Gasteiger partial charge in [0.25, 0.3) is 0 Å². The summed E-state index contributed by atoms with van der Waals surface area (Å²) in [6.07, 6.45) is 1.85. The minimum absolute atomic E-state index is 0.208. The Hall–Kier alpha value is -0.490. The molecule has 1 aromatic heterocycles. The van der Waals surface area contributed by atoms with Crippen molar-refractivity contribution in [2.45, 2.75) is 18.6 Å². The maximum atomic E-state index is 5.61. The summed E-state index contributed by atoms with van der Waals surface area (Å²) in [7, 11) is 3.25. The lowest BCUT2D eigenvalue weighted by atomic mass is 10.4. The van der Waals surface area contributed by atoms with Crippen LogP contribution < -0.4 is 5.32 Å². The molecule has 0 saturated heterocycles. The highest BCUT2D eigenvalue weighted by atomic mass is 32.2. The lowest BCUT2D eigenvalue weighted by Crippen LogP contribution is -2.29. The topological polar surface area (TPSA) is 43.6 Å². The molecule has 1 aromatic rings. The summed E-state index contributed by atoms with van der Waals surface area (Å²) >= 11 is 1.75. The molecule has 16 heavy (non-hydrogen) atoms. The van der Waals surface area contributed by atoms with Crippen molar-refractivity contribution in [2.75, 3.05) is 27.0 Å². The molecule has 0 atom stereocenters. The zero-order valence-corrected chi connectivity index (χ0v) is 10.8. The number of thioether (sulfide) groups is 1. The summed E-state index contributed by atoms with van der Waals surface area (Å²) < 4.78 is 15.7. The maximum absolute atomic E-state index is 5.61. The van der Waals surface area contributed by atoms with E-state index in [0.29, 0.717) is 13.1 Å². The van der Waals surface area contributed by atoms with Gasteiger partial charge in [-0.15, -0.1) is 0 Å². The first-order valence-electron chi connectivity index (χ1n) is 5.13. The lowest BCUT2D eigenvalue weighted by Gasteiger charge is -2.13. The molecule has 0 amide bonds. The van der Waals surface area contributed by atoms with Gasteiger partial charge in [0.2, 0.25) is 0 Å². The van der Waals surface area contributed by atoms with Crippen LogP contribution in [0.3, 0.4) is 0 Å². The first-order chi connectivity index (χ1) is 7.80. The summed E-state index contributed by atoms with van der Waals surface area (Å²) in [5.74, 6) is 2.87. The van der Waals surface area contributed by atoms with Gasteiger partial charge in [0.1, 0.15) is 11.5 Å². The number of furan rings is 1. The molecule has 1 heterocycles. The fourth-order valence-corrected chi connectivity index (χ4v) is 1.75. The van der Waals surface area contributed by atoms with Crippen molar-refractivity contribution in [2.24, 2.45) is 0 Å². The third-order valence-electron chi connectivity index (χ3n) is 2.14. The molecule has 0 aliphatic carbocycles. The summed E-state index contributed by atoms with van der Waals surface area (Å²) in [5.41, 5.74) is 0. The molecule has 92 valence electrons. The van der Waals surface area contributed by atoms with Crippen molar-refractivity contribution in [1.82, 2.24) is 5.32 Å². The summed E-state index contributed by atoms with van der Waals surface area (Å²) in [6.45, 7) is 1.34. The Morgan fingerprint density at radius 2 is 2.00 bits per heavy atom. The van der Waals surface area contributed by atoms with Crippen LogP contribution in [0, 0.1) is 0 Å². The minimum atomic E-state index is -0.208. The van der Waals surface area contributed by atoms with E-state index in [0.717, 1.165) is 17.3 Å². The van der Waals surface area contributed by atoms with E-state index in [1.807, 2.05) is 12.1 Å². The van der Waals surface area contributed by atoms with E-state index in [1.54, 1.807) is 26.0 Å². The Morgan fingerprint density at radius 3 is 2.62 bits per heavy atom. The van der Waals surface area contributed by atoms with Gasteiger partial charge in [0.15, 0.2) is 6.29 Å². The predicted molar refractivity (Wildman–Crippen MR) is 65.4 cm³/mol. The van der Waals surface area contributed by atoms with Crippen LogP contribution in [-0.2, 0) is 21.8 Å². The summed E-state index contributed by atoms with van der Waals surface area (Å²) in [6, 6.07) is 4.00. The molecule has 0 fully saturated rings. The van der Waals surface area contributed by atoms with E-state index in [-0.39, 0.29) is 6.29 Å². The molecule has 0 aromatic carbocycles. The number of hydrogen-bond acceptors (Lipinski definition) is 5. The van der Waals surface area contributed by atoms with Crippen molar-refractivity contribution in [3.05, 3.63) is 23.7 Å². The Labute approximate surface area is 101 Å². The Balaban J connectivity index is 2.25. The molecule has 0 spiro atoms. The van der Waals surface area contributed by atoms with Gasteiger partial charge in [0.05, 0.1) is 12.3 Å². The largest absolute Gasteiger partial charge is 0.464 e. The van der Waals surface area contributed by atoms with Crippen LogP contribution in [0.5, 0.6) is 0 Å². The van der Waals surface area contributed by atoms with Crippen LogP contribution in [0.2, 0.25) is 0 Å². The second-order valence-corrected chi connectivity index (χ2v) is 4.20. The molecule has 0 aliphatic heterocycles. The Morgan fingerprint density at radius 1 is 1.31 bits per heavy atom. The number of ether oxygens (including phenoxy) is 2. The Kier molecular flexibility index (Phi) is 6.56. The van der Waals surface area contributed by atoms with E-state index in [9.17, 15) is 0 Å². The minimum Gasteiger partial charge on any atom is -0.464 e. The average Bonchev–Trinajstić information content (AvgIpc) is 2.73. The molecule has 1 N–H and O–H groups in total. The zero-order valence-electron chi connectivity index (χ0n) is 9.99. The van der Waals surface area contributed by atoms with Gasteiger partial charge in [0, 0.05) is 20.8 Å². The predicted octanol–water partition coefficient (Wildman–Crippen LogP) is 1.85. The third-order valence-corrected chi connectivity index (χ3v) is 2.71. The smallest absolute Gasteiger partial charge is 0.169 e. The highest BCUT2D eigenvalue weighted by molar-refractivity contribution is 7.97. The highest BCUT2D eigenvalue weighted by Gasteiger charge is 2.05. The van der Waals surface area contributed by atoms with Crippen molar-refractivity contribution in [3.63, 3.8) is 0 Å². The fraction of sp³-hybridized carbons (Fsp3) is 0.636. The quantitative estimate of drug-likeness (QED) is 0.708. The SMILES string of the molecule is COC(CNCc1ccc(CSC)o1)OC. The second-order valence-electron chi connectivity index (χ2n) is 3.33. The van der Waals surface area contributed by atoms with Crippen LogP contribution >= 0.6 is 11.8 Å². The van der Waals surface area contributed by atoms with Gasteiger partial charge < -0.3 is 19.2 Å². The molecule has 1 rings (SSSR count). The maximum Gasteiger partial charge on any atom is 0.169 e. The number of nitrogens with one attached hydrogen (secondary N) is 1. The van der Waals surface area contributed by atoms with E-state index < -0.39 is 0 Å². The van der Waals surface area contributed by atoms with Gasteiger partial charge in [-0.25, -0.2) is 0 Å². The molecular weight excluding hydrogens is 226 g/mol. The molecule has 5 heteroatoms. The molecule has 4 nitrogen and oxygen atoms in total. The number of methoxy groups -OCH3 is 2. The standard InChI is InChI=1S/C11H19NO3S/c1-13-11(14-2)7-12-6-9-4-5-10(15-9)8-16-3/h4-5,11-12H,6-8H2,1-3H3.